The Morgan fingerprint density at radius 3 is 1.92 bits per heavy atom. The summed E-state index contributed by atoms with van der Waals surface area (Å²) in [5.41, 5.74) is 0. The Morgan fingerprint density at radius 2 is 1.67 bits per heavy atom. The van der Waals surface area contributed by atoms with Crippen LogP contribution in [0.2, 0.25) is 0 Å². The molecule has 68 valence electrons. The zero-order chi connectivity index (χ0) is 9.72. The van der Waals surface area contributed by atoms with E-state index in [0.29, 0.717) is 4.90 Å². The Kier molecular flexibility index (Phi) is 3.92. The van der Waals surface area contributed by atoms with E-state index in [1.807, 2.05) is 0 Å². The standard InChI is InChI=1S/C6H9NO5/c1-4(8)7(5(2)9)3-6(10)12-11/h11H,3H2,1-2H3/p-1. The van der Waals surface area contributed by atoms with Crippen molar-refractivity contribution in [2.75, 3.05) is 6.54 Å². The Labute approximate surface area is 68.6 Å². The van der Waals surface area contributed by atoms with Crippen molar-refractivity contribution in [2.24, 2.45) is 0 Å². The quantitative estimate of drug-likeness (QED) is 0.364. The van der Waals surface area contributed by atoms with Crippen LogP contribution in [0.25, 0.3) is 0 Å². The van der Waals surface area contributed by atoms with E-state index in [9.17, 15) is 19.6 Å². The van der Waals surface area contributed by atoms with Crippen molar-refractivity contribution in [1.29, 1.82) is 0 Å². The minimum Gasteiger partial charge on any atom is -0.662 e. The van der Waals surface area contributed by atoms with Gasteiger partial charge in [-0.2, -0.15) is 0 Å². The van der Waals surface area contributed by atoms with Crippen molar-refractivity contribution in [3.05, 3.63) is 0 Å². The van der Waals surface area contributed by atoms with Crippen LogP contribution in [0.1, 0.15) is 13.8 Å². The van der Waals surface area contributed by atoms with Gasteiger partial charge < -0.3 is 10.1 Å². The summed E-state index contributed by atoms with van der Waals surface area (Å²) < 4.78 is 0. The highest BCUT2D eigenvalue weighted by Gasteiger charge is 2.16. The molecule has 0 atom stereocenters. The van der Waals surface area contributed by atoms with E-state index < -0.39 is 24.3 Å². The van der Waals surface area contributed by atoms with E-state index in [1.54, 1.807) is 0 Å². The van der Waals surface area contributed by atoms with Gasteiger partial charge in [0, 0.05) is 13.8 Å². The van der Waals surface area contributed by atoms with Gasteiger partial charge in [-0.1, -0.05) is 0 Å². The van der Waals surface area contributed by atoms with Gasteiger partial charge in [-0.05, 0) is 0 Å². The molecule has 0 fully saturated rings. The molecule has 0 aliphatic rings. The van der Waals surface area contributed by atoms with Gasteiger partial charge in [0.15, 0.2) is 0 Å². The number of nitrogens with zero attached hydrogens (tertiary/aromatic N) is 1. The smallest absolute Gasteiger partial charge is 0.320 e. The number of carbonyl (C=O) groups is 3. The summed E-state index contributed by atoms with van der Waals surface area (Å²) in [5.74, 6) is -2.37. The van der Waals surface area contributed by atoms with Crippen LogP contribution >= 0.6 is 0 Å². The number of imide groups is 1. The van der Waals surface area contributed by atoms with E-state index in [-0.39, 0.29) is 0 Å². The summed E-state index contributed by atoms with van der Waals surface area (Å²) in [6.07, 6.45) is 0. The lowest BCUT2D eigenvalue weighted by molar-refractivity contribution is -0.657. The fourth-order valence-corrected chi connectivity index (χ4v) is 0.600. The Hall–Kier alpha value is -1.43. The molecule has 0 N–H and O–H groups in total. The molecule has 0 radical (unpaired) electrons. The number of rotatable bonds is 2. The Morgan fingerprint density at radius 1 is 1.25 bits per heavy atom. The zero-order valence-corrected chi connectivity index (χ0v) is 6.70. The van der Waals surface area contributed by atoms with Crippen molar-refractivity contribution in [3.8, 4) is 0 Å². The molecule has 12 heavy (non-hydrogen) atoms. The molecule has 6 nitrogen and oxygen atoms in total. The van der Waals surface area contributed by atoms with E-state index >= 15 is 0 Å². The van der Waals surface area contributed by atoms with E-state index in [1.165, 1.54) is 0 Å². The molecule has 0 aromatic heterocycles. The second kappa shape index (κ2) is 4.45. The normalized spacial score (nSPS) is 8.92. The van der Waals surface area contributed by atoms with Crippen molar-refractivity contribution in [1.82, 2.24) is 4.90 Å². The topological polar surface area (TPSA) is 86.7 Å². The maximum Gasteiger partial charge on any atom is 0.320 e. The van der Waals surface area contributed by atoms with Crippen molar-refractivity contribution < 1.29 is 24.5 Å². The third-order valence-electron chi connectivity index (χ3n) is 1.14. The maximum absolute atomic E-state index is 10.6. The minimum atomic E-state index is -1.17. The van der Waals surface area contributed by atoms with Crippen molar-refractivity contribution in [2.45, 2.75) is 13.8 Å². The van der Waals surface area contributed by atoms with Crippen LogP contribution in [0.15, 0.2) is 0 Å². The molecule has 0 spiro atoms. The van der Waals surface area contributed by atoms with Gasteiger partial charge in [-0.3, -0.25) is 19.3 Å². The molecule has 0 rings (SSSR count). The predicted molar refractivity (Wildman–Crippen MR) is 34.2 cm³/mol. The Balaban J connectivity index is 4.24. The molecule has 0 saturated heterocycles. The highest BCUT2D eigenvalue weighted by atomic mass is 17.1. The van der Waals surface area contributed by atoms with Crippen LogP contribution in [-0.4, -0.2) is 29.2 Å². The zero-order valence-electron chi connectivity index (χ0n) is 6.70. The molecular weight excluding hydrogens is 166 g/mol. The van der Waals surface area contributed by atoms with Gasteiger partial charge in [-0.15, -0.1) is 0 Å². The number of amides is 2. The molecule has 0 bridgehead atoms. The first-order valence-electron chi connectivity index (χ1n) is 3.10. The molecule has 0 saturated carbocycles. The Bertz CT molecular complexity index is 198. The van der Waals surface area contributed by atoms with E-state index in [0.717, 1.165) is 13.8 Å². The molecular formula is C6H8NO5-. The lowest BCUT2D eigenvalue weighted by Crippen LogP contribution is -2.39. The van der Waals surface area contributed by atoms with E-state index in [4.69, 9.17) is 0 Å². The van der Waals surface area contributed by atoms with Crippen molar-refractivity contribution in [3.63, 3.8) is 0 Å². The minimum absolute atomic E-state index is 0.604. The van der Waals surface area contributed by atoms with Gasteiger partial charge in [0.1, 0.15) is 6.54 Å². The summed E-state index contributed by atoms with van der Waals surface area (Å²) in [6, 6.07) is 0. The lowest BCUT2D eigenvalue weighted by atomic mass is 10.4. The third kappa shape index (κ3) is 3.11. The second-order valence-electron chi connectivity index (χ2n) is 2.08. The van der Waals surface area contributed by atoms with Crippen molar-refractivity contribution >= 4 is 17.8 Å². The van der Waals surface area contributed by atoms with Gasteiger partial charge in [0.2, 0.25) is 11.8 Å². The average molecular weight is 174 g/mol. The summed E-state index contributed by atoms with van der Waals surface area (Å²) in [4.78, 5) is 35.3. The fourth-order valence-electron chi connectivity index (χ4n) is 0.600. The highest BCUT2D eigenvalue weighted by Crippen LogP contribution is 1.90. The van der Waals surface area contributed by atoms with E-state index in [2.05, 4.69) is 4.89 Å². The SMILES string of the molecule is CC(=O)N(CC(=O)O[O-])C(C)=O. The van der Waals surface area contributed by atoms with Gasteiger partial charge >= 0.3 is 5.97 Å². The molecule has 2 amide bonds. The third-order valence-corrected chi connectivity index (χ3v) is 1.14. The summed E-state index contributed by atoms with van der Waals surface area (Å²) >= 11 is 0. The first kappa shape index (κ1) is 10.6. The molecule has 0 aliphatic heterocycles. The van der Waals surface area contributed by atoms with Crippen LogP contribution < -0.4 is 5.26 Å². The molecule has 0 aromatic carbocycles. The molecule has 0 unspecified atom stereocenters. The summed E-state index contributed by atoms with van der Waals surface area (Å²) in [6.45, 7) is 1.59. The largest absolute Gasteiger partial charge is 0.662 e. The molecule has 6 heteroatoms. The first-order valence-corrected chi connectivity index (χ1v) is 3.10. The molecule has 0 aliphatic carbocycles. The number of hydrogen-bond acceptors (Lipinski definition) is 5. The summed E-state index contributed by atoms with van der Waals surface area (Å²) in [7, 11) is 0. The summed E-state index contributed by atoms with van der Waals surface area (Å²) in [5, 5.41) is 9.51. The lowest BCUT2D eigenvalue weighted by Gasteiger charge is -2.16. The fraction of sp³-hybridized carbons (Fsp3) is 0.500. The van der Waals surface area contributed by atoms with Crippen LogP contribution in [0.5, 0.6) is 0 Å². The van der Waals surface area contributed by atoms with Gasteiger partial charge in [-0.25, -0.2) is 0 Å². The van der Waals surface area contributed by atoms with Gasteiger partial charge in [0.25, 0.3) is 0 Å². The van der Waals surface area contributed by atoms with Crippen LogP contribution in [0.3, 0.4) is 0 Å². The second-order valence-corrected chi connectivity index (χ2v) is 2.08. The van der Waals surface area contributed by atoms with Gasteiger partial charge in [0.05, 0.1) is 0 Å². The highest BCUT2D eigenvalue weighted by molar-refractivity contribution is 5.96. The van der Waals surface area contributed by atoms with Crippen LogP contribution in [-0.2, 0) is 19.3 Å². The first-order chi connectivity index (χ1) is 5.49. The molecule has 0 aromatic rings. The van der Waals surface area contributed by atoms with Crippen LogP contribution in [0.4, 0.5) is 0 Å². The molecule has 0 heterocycles. The number of hydrogen-bond donors (Lipinski definition) is 0. The van der Waals surface area contributed by atoms with Crippen LogP contribution in [0, 0.1) is 0 Å². The monoisotopic (exact) mass is 174 g/mol. The number of carbonyl (C=O) groups excluding carboxylic acids is 3. The maximum atomic E-state index is 10.6. The average Bonchev–Trinajstić information content (AvgIpc) is 1.98. The predicted octanol–water partition coefficient (Wildman–Crippen LogP) is -1.80.